The van der Waals surface area contributed by atoms with Crippen molar-refractivity contribution in [1.82, 2.24) is 4.90 Å². The highest BCUT2D eigenvalue weighted by Gasteiger charge is 2.45. The van der Waals surface area contributed by atoms with Gasteiger partial charge in [-0.1, -0.05) is 12.1 Å². The molecule has 1 aliphatic heterocycles. The zero-order valence-corrected chi connectivity index (χ0v) is 13.1. The second-order valence-corrected chi connectivity index (χ2v) is 6.51. The van der Waals surface area contributed by atoms with Crippen LogP contribution in [0.2, 0.25) is 0 Å². The fraction of sp³-hybridized carbons (Fsp3) is 0.588. The molecule has 1 saturated carbocycles. The first-order valence-electron chi connectivity index (χ1n) is 7.94. The number of para-hydroxylation sites is 2. The van der Waals surface area contributed by atoms with Gasteiger partial charge in [0.1, 0.15) is 5.75 Å². The second kappa shape index (κ2) is 6.16. The van der Waals surface area contributed by atoms with Crippen LogP contribution in [-0.4, -0.2) is 55.8 Å². The third kappa shape index (κ3) is 3.35. The van der Waals surface area contributed by atoms with Gasteiger partial charge in [-0.05, 0) is 30.4 Å². The SMILES string of the molecule is COc1ccccc1N1CCN(CC2(CC(=O)O)CC2)CC1. The van der Waals surface area contributed by atoms with Crippen LogP contribution < -0.4 is 9.64 Å². The fourth-order valence-corrected chi connectivity index (χ4v) is 3.40. The molecule has 0 unspecified atom stereocenters. The molecule has 1 N–H and O–H groups in total. The van der Waals surface area contributed by atoms with Gasteiger partial charge in [0.15, 0.2) is 0 Å². The van der Waals surface area contributed by atoms with Crippen LogP contribution in [0.4, 0.5) is 5.69 Å². The van der Waals surface area contributed by atoms with Gasteiger partial charge in [0.2, 0.25) is 0 Å². The average molecular weight is 304 g/mol. The van der Waals surface area contributed by atoms with E-state index < -0.39 is 5.97 Å². The van der Waals surface area contributed by atoms with Crippen LogP contribution in [-0.2, 0) is 4.79 Å². The number of ether oxygens (including phenoxy) is 1. The molecule has 22 heavy (non-hydrogen) atoms. The van der Waals surface area contributed by atoms with Crippen LogP contribution in [0.5, 0.6) is 5.75 Å². The van der Waals surface area contributed by atoms with E-state index in [0.29, 0.717) is 6.42 Å². The zero-order chi connectivity index (χ0) is 15.6. The molecular formula is C17H24N2O3. The number of rotatable bonds is 6. The highest BCUT2D eigenvalue weighted by Crippen LogP contribution is 2.49. The van der Waals surface area contributed by atoms with Gasteiger partial charge in [-0.15, -0.1) is 0 Å². The van der Waals surface area contributed by atoms with E-state index in [2.05, 4.69) is 15.9 Å². The van der Waals surface area contributed by atoms with E-state index in [0.717, 1.165) is 57.0 Å². The summed E-state index contributed by atoms with van der Waals surface area (Å²) in [4.78, 5) is 15.7. The summed E-state index contributed by atoms with van der Waals surface area (Å²) in [5.74, 6) is 0.255. The van der Waals surface area contributed by atoms with Crippen LogP contribution in [0, 0.1) is 5.41 Å². The number of methoxy groups -OCH3 is 1. The molecule has 1 aromatic rings. The van der Waals surface area contributed by atoms with Gasteiger partial charge in [-0.2, -0.15) is 0 Å². The molecule has 0 radical (unpaired) electrons. The Kier molecular flexibility index (Phi) is 4.25. The van der Waals surface area contributed by atoms with E-state index in [9.17, 15) is 4.79 Å². The first-order chi connectivity index (χ1) is 10.6. The zero-order valence-electron chi connectivity index (χ0n) is 13.1. The Morgan fingerprint density at radius 2 is 1.91 bits per heavy atom. The number of carbonyl (C=O) groups is 1. The van der Waals surface area contributed by atoms with Crippen molar-refractivity contribution >= 4 is 11.7 Å². The molecule has 120 valence electrons. The van der Waals surface area contributed by atoms with E-state index in [-0.39, 0.29) is 5.41 Å². The summed E-state index contributed by atoms with van der Waals surface area (Å²) < 4.78 is 5.44. The highest BCUT2D eigenvalue weighted by atomic mass is 16.5. The predicted octanol–water partition coefficient (Wildman–Crippen LogP) is 2.07. The molecule has 1 saturated heterocycles. The number of hydrogen-bond donors (Lipinski definition) is 1. The van der Waals surface area contributed by atoms with Crippen molar-refractivity contribution < 1.29 is 14.6 Å². The topological polar surface area (TPSA) is 53.0 Å². The Hall–Kier alpha value is -1.75. The molecule has 0 atom stereocenters. The Bertz CT molecular complexity index is 534. The molecule has 0 spiro atoms. The van der Waals surface area contributed by atoms with Crippen LogP contribution >= 0.6 is 0 Å². The average Bonchev–Trinajstić information content (AvgIpc) is 3.26. The molecule has 5 heteroatoms. The van der Waals surface area contributed by atoms with Crippen LogP contribution in [0.25, 0.3) is 0 Å². The maximum Gasteiger partial charge on any atom is 0.303 e. The Morgan fingerprint density at radius 3 is 2.50 bits per heavy atom. The molecular weight excluding hydrogens is 280 g/mol. The normalized spacial score (nSPS) is 20.7. The standard InChI is InChI=1S/C17H24N2O3/c1-22-15-5-3-2-4-14(15)19-10-8-18(9-11-19)13-17(6-7-17)12-16(20)21/h2-5H,6-13H2,1H3,(H,20,21). The Labute approximate surface area is 131 Å². The highest BCUT2D eigenvalue weighted by molar-refractivity contribution is 5.68. The molecule has 0 aromatic heterocycles. The molecule has 5 nitrogen and oxygen atoms in total. The lowest BCUT2D eigenvalue weighted by atomic mass is 10.0. The number of carboxylic acids is 1. The first kappa shape index (κ1) is 15.2. The van der Waals surface area contributed by atoms with E-state index in [4.69, 9.17) is 9.84 Å². The van der Waals surface area contributed by atoms with Gasteiger partial charge < -0.3 is 14.7 Å². The van der Waals surface area contributed by atoms with Gasteiger partial charge >= 0.3 is 5.97 Å². The largest absolute Gasteiger partial charge is 0.495 e. The molecule has 1 aliphatic carbocycles. The number of aliphatic carboxylic acids is 1. The van der Waals surface area contributed by atoms with Gasteiger partial charge in [0, 0.05) is 32.7 Å². The van der Waals surface area contributed by atoms with Gasteiger partial charge in [-0.3, -0.25) is 9.69 Å². The molecule has 2 fully saturated rings. The Balaban J connectivity index is 1.55. The number of anilines is 1. The molecule has 3 rings (SSSR count). The summed E-state index contributed by atoms with van der Waals surface area (Å²) in [6, 6.07) is 8.12. The quantitative estimate of drug-likeness (QED) is 0.872. The van der Waals surface area contributed by atoms with Gasteiger partial charge in [0.25, 0.3) is 0 Å². The summed E-state index contributed by atoms with van der Waals surface area (Å²) in [5.41, 5.74) is 1.20. The minimum Gasteiger partial charge on any atom is -0.495 e. The minimum absolute atomic E-state index is 0.0540. The lowest BCUT2D eigenvalue weighted by Gasteiger charge is -2.38. The summed E-state index contributed by atoms with van der Waals surface area (Å²) in [7, 11) is 1.71. The van der Waals surface area contributed by atoms with E-state index in [1.54, 1.807) is 7.11 Å². The van der Waals surface area contributed by atoms with E-state index >= 15 is 0 Å². The number of carboxylic acid groups (broad SMARTS) is 1. The van der Waals surface area contributed by atoms with Crippen molar-refractivity contribution in [2.75, 3.05) is 44.7 Å². The number of benzene rings is 1. The third-order valence-electron chi connectivity index (χ3n) is 4.84. The van der Waals surface area contributed by atoms with Crippen molar-refractivity contribution in [3.8, 4) is 5.75 Å². The fourth-order valence-electron chi connectivity index (χ4n) is 3.40. The first-order valence-corrected chi connectivity index (χ1v) is 7.94. The van der Waals surface area contributed by atoms with Crippen molar-refractivity contribution in [2.45, 2.75) is 19.3 Å². The number of piperazine rings is 1. The third-order valence-corrected chi connectivity index (χ3v) is 4.84. The van der Waals surface area contributed by atoms with Crippen molar-refractivity contribution in [3.05, 3.63) is 24.3 Å². The molecule has 1 heterocycles. The van der Waals surface area contributed by atoms with Crippen LogP contribution in [0.1, 0.15) is 19.3 Å². The summed E-state index contributed by atoms with van der Waals surface area (Å²) in [6.45, 7) is 4.82. The predicted molar refractivity (Wildman–Crippen MR) is 85.6 cm³/mol. The second-order valence-electron chi connectivity index (χ2n) is 6.51. The molecule has 0 amide bonds. The van der Waals surface area contributed by atoms with Crippen molar-refractivity contribution in [1.29, 1.82) is 0 Å². The molecule has 0 bridgehead atoms. The van der Waals surface area contributed by atoms with Gasteiger partial charge in [0.05, 0.1) is 19.2 Å². The number of hydrogen-bond acceptors (Lipinski definition) is 4. The summed E-state index contributed by atoms with van der Waals surface area (Å²) in [5, 5.41) is 9.03. The van der Waals surface area contributed by atoms with Crippen LogP contribution in [0.15, 0.2) is 24.3 Å². The van der Waals surface area contributed by atoms with E-state index in [1.807, 2.05) is 18.2 Å². The van der Waals surface area contributed by atoms with Crippen molar-refractivity contribution in [2.24, 2.45) is 5.41 Å². The number of nitrogens with zero attached hydrogens (tertiary/aromatic N) is 2. The monoisotopic (exact) mass is 304 g/mol. The maximum absolute atomic E-state index is 11.0. The lowest BCUT2D eigenvalue weighted by molar-refractivity contribution is -0.138. The minimum atomic E-state index is -0.662. The summed E-state index contributed by atoms with van der Waals surface area (Å²) >= 11 is 0. The maximum atomic E-state index is 11.0. The molecule has 2 aliphatic rings. The lowest BCUT2D eigenvalue weighted by Crippen LogP contribution is -2.48. The van der Waals surface area contributed by atoms with Gasteiger partial charge in [-0.25, -0.2) is 0 Å². The summed E-state index contributed by atoms with van der Waals surface area (Å²) in [6.07, 6.45) is 2.44. The van der Waals surface area contributed by atoms with E-state index in [1.165, 1.54) is 0 Å². The van der Waals surface area contributed by atoms with Crippen LogP contribution in [0.3, 0.4) is 0 Å². The Morgan fingerprint density at radius 1 is 1.23 bits per heavy atom. The smallest absolute Gasteiger partial charge is 0.303 e. The molecule has 1 aromatic carbocycles. The van der Waals surface area contributed by atoms with Crippen molar-refractivity contribution in [3.63, 3.8) is 0 Å².